The first kappa shape index (κ1) is 42.2. The number of nitrogens with zero attached hydrogens (tertiary/aromatic N) is 5. The standard InChI is InChI=1S/C48H49F2N9O6/c49-30-21-29(22-31(50)24-30)20-28-3-8-40-39(23-28)44(55-54-40)53-45(61)37-7-5-34(26-41(37)51-32-11-18-65-19-12-32)56-14-16-57(17-15-56)35-2-1-13-58(27-35)33-4-6-36-38(25-33)48(64)59(47(36)63)42-9-10-43(60)52-46(42)62/h3-8,21-26,32,35,42,51H,1-2,9-20,27H2,(H,52,60,62)(H2,53,54,55,61). The molecule has 4 N–H and O–H groups in total. The van der Waals surface area contributed by atoms with E-state index >= 15 is 0 Å². The smallest absolute Gasteiger partial charge is 0.262 e. The van der Waals surface area contributed by atoms with Gasteiger partial charge < -0.3 is 25.2 Å². The molecule has 4 fully saturated rings. The molecule has 336 valence electrons. The van der Waals surface area contributed by atoms with Gasteiger partial charge in [0.1, 0.15) is 17.7 Å². The summed E-state index contributed by atoms with van der Waals surface area (Å²) >= 11 is 0. The number of hydrogen-bond donors (Lipinski definition) is 4. The molecule has 0 radical (unpaired) electrons. The SMILES string of the molecule is O=C1CCC(N2C(=O)c3ccc(N4CCCC(N5CCN(c6ccc(C(=O)Nc7n[nH]c8ccc(Cc9cc(F)cc(F)c9)cc78)c(NC7CCOCC7)c6)CC5)C4)cc3C2=O)C(=O)N1. The molecule has 0 saturated carbocycles. The average Bonchev–Trinajstić information content (AvgIpc) is 3.81. The summed E-state index contributed by atoms with van der Waals surface area (Å²) in [4.78, 5) is 73.4. The molecule has 65 heavy (non-hydrogen) atoms. The highest BCUT2D eigenvalue weighted by molar-refractivity contribution is 6.23. The Morgan fingerprint density at radius 2 is 1.52 bits per heavy atom. The summed E-state index contributed by atoms with van der Waals surface area (Å²) < 4.78 is 33.5. The van der Waals surface area contributed by atoms with Crippen molar-refractivity contribution in [2.75, 3.05) is 72.9 Å². The molecular formula is C48H49F2N9O6. The lowest BCUT2D eigenvalue weighted by molar-refractivity contribution is -0.136. The van der Waals surface area contributed by atoms with Gasteiger partial charge in [-0.3, -0.25) is 44.2 Å². The number of rotatable bonds is 10. The summed E-state index contributed by atoms with van der Waals surface area (Å²) in [6.07, 6.45) is 4.10. The van der Waals surface area contributed by atoms with Crippen LogP contribution < -0.4 is 25.8 Å². The summed E-state index contributed by atoms with van der Waals surface area (Å²) in [7, 11) is 0. The van der Waals surface area contributed by atoms with Crippen molar-refractivity contribution in [3.63, 3.8) is 0 Å². The number of benzene rings is 4. The van der Waals surface area contributed by atoms with Gasteiger partial charge in [-0.15, -0.1) is 0 Å². The maximum absolute atomic E-state index is 14.1. The summed E-state index contributed by atoms with van der Waals surface area (Å²) in [6.45, 7) is 6.09. The van der Waals surface area contributed by atoms with Crippen molar-refractivity contribution in [3.05, 3.63) is 112 Å². The molecule has 0 aliphatic carbocycles. The van der Waals surface area contributed by atoms with Gasteiger partial charge in [0, 0.05) is 99.5 Å². The normalized spacial score (nSPS) is 20.9. The summed E-state index contributed by atoms with van der Waals surface area (Å²) in [6, 6.07) is 19.7. The van der Waals surface area contributed by atoms with Crippen LogP contribution in [0.4, 0.5) is 31.7 Å². The van der Waals surface area contributed by atoms with E-state index in [4.69, 9.17) is 4.74 Å². The first-order valence-corrected chi connectivity index (χ1v) is 22.4. The lowest BCUT2D eigenvalue weighted by atomic mass is 10.0. The van der Waals surface area contributed by atoms with Crippen molar-refractivity contribution in [2.24, 2.45) is 0 Å². The Morgan fingerprint density at radius 3 is 2.31 bits per heavy atom. The number of ether oxygens (including phenoxy) is 1. The van der Waals surface area contributed by atoms with Crippen LogP contribution in [0.3, 0.4) is 0 Å². The highest BCUT2D eigenvalue weighted by Crippen LogP contribution is 2.34. The maximum Gasteiger partial charge on any atom is 0.262 e. The number of nitrogens with one attached hydrogen (secondary N) is 4. The van der Waals surface area contributed by atoms with Gasteiger partial charge in [0.05, 0.1) is 22.2 Å². The molecule has 5 aliphatic rings. The van der Waals surface area contributed by atoms with Crippen molar-refractivity contribution in [2.45, 2.75) is 63.1 Å². The first-order valence-electron chi connectivity index (χ1n) is 22.4. The number of anilines is 4. The van der Waals surface area contributed by atoms with Crippen LogP contribution in [0.15, 0.2) is 72.8 Å². The van der Waals surface area contributed by atoms with E-state index in [0.29, 0.717) is 47.5 Å². The topological polar surface area (TPSA) is 172 Å². The summed E-state index contributed by atoms with van der Waals surface area (Å²) in [5.41, 5.74) is 5.64. The summed E-state index contributed by atoms with van der Waals surface area (Å²) in [5.74, 6) is -3.30. The lowest BCUT2D eigenvalue weighted by Crippen LogP contribution is -2.55. The number of imide groups is 2. The highest BCUT2D eigenvalue weighted by atomic mass is 19.1. The second kappa shape index (κ2) is 17.7. The fraction of sp³-hybridized carbons (Fsp3) is 0.375. The third kappa shape index (κ3) is 8.65. The number of H-pyrrole nitrogens is 1. The Labute approximate surface area is 373 Å². The van der Waals surface area contributed by atoms with E-state index in [1.807, 2.05) is 36.4 Å². The predicted octanol–water partition coefficient (Wildman–Crippen LogP) is 5.47. The number of carbonyl (C=O) groups excluding carboxylic acids is 5. The number of amides is 5. The molecule has 2 unspecified atom stereocenters. The molecule has 6 heterocycles. The van der Waals surface area contributed by atoms with E-state index in [0.717, 1.165) is 98.5 Å². The second-order valence-corrected chi connectivity index (χ2v) is 17.6. The lowest BCUT2D eigenvalue weighted by Gasteiger charge is -2.44. The molecule has 0 spiro atoms. The van der Waals surface area contributed by atoms with E-state index < -0.39 is 41.3 Å². The molecule has 2 atom stereocenters. The Morgan fingerprint density at radius 1 is 0.769 bits per heavy atom. The van der Waals surface area contributed by atoms with E-state index in [-0.39, 0.29) is 42.0 Å². The van der Waals surface area contributed by atoms with Gasteiger partial charge in [-0.1, -0.05) is 6.07 Å². The molecule has 4 aromatic carbocycles. The predicted molar refractivity (Wildman–Crippen MR) is 239 cm³/mol. The van der Waals surface area contributed by atoms with Gasteiger partial charge in [-0.05, 0) is 110 Å². The summed E-state index contributed by atoms with van der Waals surface area (Å²) in [5, 5.41) is 17.0. The van der Waals surface area contributed by atoms with Crippen LogP contribution in [-0.4, -0.2) is 120 Å². The Kier molecular flexibility index (Phi) is 11.5. The Balaban J connectivity index is 0.806. The number of piperidine rings is 2. The molecule has 1 aromatic heterocycles. The molecule has 5 aliphatic heterocycles. The number of halogens is 2. The first-order chi connectivity index (χ1) is 31.5. The molecule has 4 saturated heterocycles. The number of hydrogen-bond acceptors (Lipinski definition) is 11. The van der Waals surface area contributed by atoms with Gasteiger partial charge in [0.15, 0.2) is 5.82 Å². The van der Waals surface area contributed by atoms with Crippen molar-refractivity contribution in [1.82, 2.24) is 25.3 Å². The zero-order chi connectivity index (χ0) is 44.8. The molecular weight excluding hydrogens is 837 g/mol. The monoisotopic (exact) mass is 885 g/mol. The van der Waals surface area contributed by atoms with Gasteiger partial charge >= 0.3 is 0 Å². The fourth-order valence-electron chi connectivity index (χ4n) is 9.99. The Bertz CT molecular complexity index is 2690. The average molecular weight is 886 g/mol. The van der Waals surface area contributed by atoms with Gasteiger partial charge in [-0.2, -0.15) is 5.10 Å². The van der Waals surface area contributed by atoms with Crippen LogP contribution in [-0.2, 0) is 20.7 Å². The maximum atomic E-state index is 14.1. The van der Waals surface area contributed by atoms with Gasteiger partial charge in [0.25, 0.3) is 17.7 Å². The minimum absolute atomic E-state index is 0.0705. The van der Waals surface area contributed by atoms with Crippen molar-refractivity contribution >= 4 is 63.3 Å². The highest BCUT2D eigenvalue weighted by Gasteiger charge is 2.45. The number of aromatic amines is 1. The largest absolute Gasteiger partial charge is 0.381 e. The van der Waals surface area contributed by atoms with Crippen LogP contribution in [0, 0.1) is 11.6 Å². The van der Waals surface area contributed by atoms with E-state index in [2.05, 4.69) is 46.9 Å². The quantitative estimate of drug-likeness (QED) is 0.131. The van der Waals surface area contributed by atoms with E-state index in [1.54, 1.807) is 12.1 Å². The van der Waals surface area contributed by atoms with E-state index in [9.17, 15) is 32.8 Å². The van der Waals surface area contributed by atoms with Crippen LogP contribution in [0.25, 0.3) is 10.9 Å². The fourth-order valence-corrected chi connectivity index (χ4v) is 9.99. The zero-order valence-electron chi connectivity index (χ0n) is 35.7. The third-order valence-electron chi connectivity index (χ3n) is 13.4. The van der Waals surface area contributed by atoms with Gasteiger partial charge in [0.2, 0.25) is 11.8 Å². The molecule has 5 amide bonds. The van der Waals surface area contributed by atoms with E-state index in [1.165, 1.54) is 12.1 Å². The molecule has 0 bridgehead atoms. The number of aromatic nitrogens is 2. The minimum atomic E-state index is -1.00. The molecule has 17 heteroatoms. The van der Waals surface area contributed by atoms with Crippen LogP contribution >= 0.6 is 0 Å². The molecule has 15 nitrogen and oxygen atoms in total. The third-order valence-corrected chi connectivity index (χ3v) is 13.4. The second-order valence-electron chi connectivity index (χ2n) is 17.6. The van der Waals surface area contributed by atoms with Gasteiger partial charge in [-0.25, -0.2) is 8.78 Å². The van der Waals surface area contributed by atoms with Crippen molar-refractivity contribution in [1.29, 1.82) is 0 Å². The number of fused-ring (bicyclic) bond motifs is 2. The number of carbonyl (C=O) groups is 5. The molecule has 10 rings (SSSR count). The Hall–Kier alpha value is -6.72. The van der Waals surface area contributed by atoms with Crippen LogP contribution in [0.2, 0.25) is 0 Å². The van der Waals surface area contributed by atoms with Crippen LogP contribution in [0.5, 0.6) is 0 Å². The molecule has 5 aromatic rings. The zero-order valence-corrected chi connectivity index (χ0v) is 35.7. The van der Waals surface area contributed by atoms with Crippen molar-refractivity contribution < 1.29 is 37.5 Å². The van der Waals surface area contributed by atoms with Crippen LogP contribution in [0.1, 0.15) is 80.7 Å². The van der Waals surface area contributed by atoms with Crippen molar-refractivity contribution in [3.8, 4) is 0 Å². The minimum Gasteiger partial charge on any atom is -0.381 e. The number of piperazine rings is 1.